The molecule has 7 fully saturated rings. The highest BCUT2D eigenvalue weighted by molar-refractivity contribution is 6.06. The summed E-state index contributed by atoms with van der Waals surface area (Å²) >= 11 is 0. The fraction of sp³-hybridized carbons (Fsp3) is 0.735. The van der Waals surface area contributed by atoms with Crippen LogP contribution in [0.5, 0.6) is 0 Å². The lowest BCUT2D eigenvalue weighted by Crippen LogP contribution is -2.85. The summed E-state index contributed by atoms with van der Waals surface area (Å²) in [6.07, 6.45) is 3.91. The van der Waals surface area contributed by atoms with Crippen LogP contribution in [0.2, 0.25) is 0 Å². The number of piperidine rings is 1. The van der Waals surface area contributed by atoms with Crippen molar-refractivity contribution in [2.45, 2.75) is 83.2 Å². The molecule has 3 unspecified atom stereocenters. The smallest absolute Gasteiger partial charge is 0.309 e. The number of ketones is 2. The van der Waals surface area contributed by atoms with E-state index in [1.54, 1.807) is 11.0 Å². The van der Waals surface area contributed by atoms with Gasteiger partial charge < -0.3 is 29.7 Å². The molecule has 4 bridgehead atoms. The Morgan fingerprint density at radius 3 is 2.38 bits per heavy atom. The van der Waals surface area contributed by atoms with Crippen LogP contribution in [0.25, 0.3) is 0 Å². The number of carboxylic acid groups (broad SMARTS) is 1. The number of rotatable bonds is 4. The lowest BCUT2D eigenvalue weighted by Gasteiger charge is -2.73. The number of carbonyl (C=O) groups excluding carboxylic acids is 4. The quantitative estimate of drug-likeness (QED) is 0.239. The maximum Gasteiger partial charge on any atom is 0.309 e. The number of hydrogen-bond acceptors (Lipinski definition) is 9. The van der Waals surface area contributed by atoms with Crippen LogP contribution in [-0.2, 0) is 33.4 Å². The lowest BCUT2D eigenvalue weighted by atomic mass is 9.36. The number of hydrogen-bond donors (Lipinski definition) is 3. The molecule has 3 saturated heterocycles. The van der Waals surface area contributed by atoms with E-state index in [-0.39, 0.29) is 43.4 Å². The number of carbonyl (C=O) groups is 5. The zero-order valence-corrected chi connectivity index (χ0v) is 25.9. The van der Waals surface area contributed by atoms with E-state index in [0.29, 0.717) is 44.9 Å². The third kappa shape index (κ3) is 3.77. The number of amides is 1. The summed E-state index contributed by atoms with van der Waals surface area (Å²) in [5, 5.41) is 33.8. The van der Waals surface area contributed by atoms with Gasteiger partial charge in [0, 0.05) is 31.3 Å². The Morgan fingerprint density at radius 1 is 1.04 bits per heavy atom. The van der Waals surface area contributed by atoms with Crippen LogP contribution in [0.4, 0.5) is 0 Å². The largest absolute Gasteiger partial charge is 0.481 e. The molecular formula is C34H43NO10. The molecule has 2 spiro atoms. The highest BCUT2D eigenvalue weighted by atomic mass is 16.6. The molecule has 0 aromatic heterocycles. The molecule has 0 radical (unpaired) electrons. The summed E-state index contributed by atoms with van der Waals surface area (Å²) < 4.78 is 12.3. The molecule has 11 heteroatoms. The SMILES string of the molecule is C=C1C(=O)[C@]23[C@H](OC(=O)C4CCN(C(=O)C5CC=CCC5C(=O)O)CC4)[C@H]1CC[C@H]2[C@@]12COC3(O)[C@@H](O)[C@@H]1C(C)(C)CCC2=O. The average molecular weight is 626 g/mol. The first-order valence-electron chi connectivity index (χ1n) is 16.4. The van der Waals surface area contributed by atoms with Gasteiger partial charge in [-0.1, -0.05) is 32.6 Å². The van der Waals surface area contributed by atoms with Crippen LogP contribution in [0.3, 0.4) is 0 Å². The number of aliphatic hydroxyl groups excluding tert-OH is 1. The number of nitrogens with zero attached hydrogens (tertiary/aromatic N) is 1. The minimum atomic E-state index is -2.36. The van der Waals surface area contributed by atoms with Crippen molar-refractivity contribution in [2.75, 3.05) is 19.7 Å². The summed E-state index contributed by atoms with van der Waals surface area (Å²) in [4.78, 5) is 68.7. The third-order valence-corrected chi connectivity index (χ3v) is 13.1. The van der Waals surface area contributed by atoms with Crippen molar-refractivity contribution in [2.24, 2.45) is 51.8 Å². The van der Waals surface area contributed by atoms with E-state index in [2.05, 4.69) is 6.58 Å². The number of carboxylic acids is 1. The molecule has 45 heavy (non-hydrogen) atoms. The number of Topliss-reactive ketones (excluding diaryl/α,β-unsaturated/α-hetero) is 2. The second-order valence-corrected chi connectivity index (χ2v) is 15.3. The Hall–Kier alpha value is -2.89. The van der Waals surface area contributed by atoms with E-state index < -0.39 is 87.5 Å². The van der Waals surface area contributed by atoms with E-state index >= 15 is 0 Å². The van der Waals surface area contributed by atoms with Crippen LogP contribution in [-0.4, -0.2) is 87.3 Å². The Balaban J connectivity index is 1.15. The monoisotopic (exact) mass is 625 g/mol. The first-order chi connectivity index (χ1) is 21.2. The molecule has 0 aromatic carbocycles. The van der Waals surface area contributed by atoms with Crippen molar-refractivity contribution in [3.8, 4) is 0 Å². The molecule has 4 saturated carbocycles. The minimum absolute atomic E-state index is 0.0820. The number of ether oxygens (including phenoxy) is 2. The summed E-state index contributed by atoms with van der Waals surface area (Å²) in [6, 6.07) is 0. The number of aliphatic carboxylic acids is 1. The molecule has 3 N–H and O–H groups in total. The average Bonchev–Trinajstić information content (AvgIpc) is 3.13. The first-order valence-corrected chi connectivity index (χ1v) is 16.4. The molecule has 11 nitrogen and oxygen atoms in total. The van der Waals surface area contributed by atoms with Gasteiger partial charge >= 0.3 is 11.9 Å². The first kappa shape index (κ1) is 30.7. The predicted octanol–water partition coefficient (Wildman–Crippen LogP) is 2.04. The van der Waals surface area contributed by atoms with E-state index in [1.165, 1.54) is 0 Å². The van der Waals surface area contributed by atoms with Crippen LogP contribution in [0, 0.1) is 51.8 Å². The van der Waals surface area contributed by atoms with Crippen LogP contribution >= 0.6 is 0 Å². The highest BCUT2D eigenvalue weighted by Gasteiger charge is 2.88. The van der Waals surface area contributed by atoms with Gasteiger partial charge in [-0.25, -0.2) is 0 Å². The molecule has 5 aliphatic carbocycles. The van der Waals surface area contributed by atoms with E-state index in [0.717, 1.165) is 0 Å². The van der Waals surface area contributed by atoms with Crippen molar-refractivity contribution in [3.05, 3.63) is 24.3 Å². The van der Waals surface area contributed by atoms with Crippen molar-refractivity contribution in [1.29, 1.82) is 0 Å². The minimum Gasteiger partial charge on any atom is -0.481 e. The van der Waals surface area contributed by atoms with Gasteiger partial charge in [0.1, 0.15) is 23.4 Å². The Kier molecular flexibility index (Phi) is 6.87. The number of fused-ring (bicyclic) bond motifs is 2. The van der Waals surface area contributed by atoms with Crippen molar-refractivity contribution in [1.82, 2.24) is 4.90 Å². The van der Waals surface area contributed by atoms with E-state index in [9.17, 15) is 39.3 Å². The fourth-order valence-electron chi connectivity index (χ4n) is 10.9. The summed E-state index contributed by atoms with van der Waals surface area (Å²) in [5.74, 6) is -8.63. The van der Waals surface area contributed by atoms with Gasteiger partial charge in [-0.05, 0) is 61.9 Å². The molecule has 0 aromatic rings. The molecule has 3 aliphatic heterocycles. The number of allylic oxidation sites excluding steroid dienone is 2. The van der Waals surface area contributed by atoms with E-state index in [1.807, 2.05) is 19.9 Å². The molecule has 8 aliphatic rings. The van der Waals surface area contributed by atoms with Crippen molar-refractivity contribution in [3.63, 3.8) is 0 Å². The number of likely N-dealkylation sites (tertiary alicyclic amines) is 1. The van der Waals surface area contributed by atoms with Crippen LogP contribution in [0.15, 0.2) is 24.3 Å². The fourth-order valence-corrected chi connectivity index (χ4v) is 10.9. The van der Waals surface area contributed by atoms with Crippen molar-refractivity contribution < 1.29 is 48.8 Å². The molecule has 3 heterocycles. The zero-order chi connectivity index (χ0) is 32.3. The molecule has 1 amide bonds. The summed E-state index contributed by atoms with van der Waals surface area (Å²) in [6.45, 7) is 8.44. The number of esters is 1. The third-order valence-electron chi connectivity index (χ3n) is 13.1. The Bertz CT molecular complexity index is 1410. The Morgan fingerprint density at radius 2 is 1.71 bits per heavy atom. The topological polar surface area (TPSA) is 168 Å². The summed E-state index contributed by atoms with van der Waals surface area (Å²) in [7, 11) is 0. The van der Waals surface area contributed by atoms with Crippen LogP contribution in [0.1, 0.15) is 65.2 Å². The number of aliphatic hydroxyl groups is 2. The molecule has 8 rings (SSSR count). The van der Waals surface area contributed by atoms with Crippen LogP contribution < -0.4 is 0 Å². The van der Waals surface area contributed by atoms with Gasteiger partial charge in [-0.3, -0.25) is 24.0 Å². The van der Waals surface area contributed by atoms with E-state index in [4.69, 9.17) is 9.47 Å². The summed E-state index contributed by atoms with van der Waals surface area (Å²) in [5.41, 5.74) is -3.33. The van der Waals surface area contributed by atoms with Gasteiger partial charge in [0.2, 0.25) is 11.7 Å². The maximum absolute atomic E-state index is 14.3. The maximum atomic E-state index is 14.3. The normalized spacial score (nSPS) is 45.2. The lowest BCUT2D eigenvalue weighted by molar-refractivity contribution is -0.437. The second-order valence-electron chi connectivity index (χ2n) is 15.3. The van der Waals surface area contributed by atoms with Gasteiger partial charge in [0.15, 0.2) is 5.78 Å². The second kappa shape index (κ2) is 10.1. The predicted molar refractivity (Wildman–Crippen MR) is 156 cm³/mol. The van der Waals surface area contributed by atoms with Gasteiger partial charge in [-0.2, -0.15) is 0 Å². The molecule has 244 valence electrons. The van der Waals surface area contributed by atoms with Crippen molar-refractivity contribution >= 4 is 29.4 Å². The standard InChI is InChI=1S/C34H43NO10/c1-17-19-8-9-22-32-16-44-34(43,26(38)24(32)31(2,3)13-10-23(32)36)33(22,25(17)37)27(19)45-30(42)18-11-14-35(15-12-18)28(39)20-6-4-5-7-21(20)29(40)41/h4-5,18-22,24,26-27,38,43H,1,6-16H2,2-3H3,(H,40,41)/t19-,20?,21?,22-,24+,26-,27+,32+,33-,34?/m0/s1. The molecule has 10 atom stereocenters. The highest BCUT2D eigenvalue weighted by Crippen LogP contribution is 2.76. The Labute approximate surface area is 262 Å². The molecular weight excluding hydrogens is 582 g/mol. The van der Waals surface area contributed by atoms with Gasteiger partial charge in [0.25, 0.3) is 0 Å². The van der Waals surface area contributed by atoms with Gasteiger partial charge in [0.05, 0.1) is 29.8 Å². The zero-order valence-electron chi connectivity index (χ0n) is 25.9. The van der Waals surface area contributed by atoms with Gasteiger partial charge in [-0.15, -0.1) is 0 Å².